The van der Waals surface area contributed by atoms with E-state index in [-0.39, 0.29) is 11.8 Å². The number of nitrogens with zero attached hydrogens (tertiary/aromatic N) is 1. The predicted octanol–water partition coefficient (Wildman–Crippen LogP) is 2.66. The maximum Gasteiger partial charge on any atom is 0.223 e. The fraction of sp³-hybridized carbons (Fsp3) is 0.429. The van der Waals surface area contributed by atoms with Crippen LogP contribution < -0.4 is 20.5 Å². The Labute approximate surface area is 160 Å². The molecule has 27 heavy (non-hydrogen) atoms. The first-order valence-electron chi connectivity index (χ1n) is 9.37. The van der Waals surface area contributed by atoms with Crippen LogP contribution in [0.2, 0.25) is 0 Å². The van der Waals surface area contributed by atoms with Crippen molar-refractivity contribution in [3.8, 4) is 11.5 Å². The molecule has 2 atom stereocenters. The number of aromatic nitrogens is 1. The average molecular weight is 369 g/mol. The number of carbonyl (C=O) groups excluding carboxylic acids is 1. The summed E-state index contributed by atoms with van der Waals surface area (Å²) in [5.74, 6) is 1.75. The van der Waals surface area contributed by atoms with Crippen LogP contribution in [0.15, 0.2) is 42.7 Å². The van der Waals surface area contributed by atoms with Crippen molar-refractivity contribution in [2.75, 3.05) is 13.7 Å². The Kier molecular flexibility index (Phi) is 6.65. The largest absolute Gasteiger partial charge is 0.493 e. The molecule has 1 aromatic carbocycles. The van der Waals surface area contributed by atoms with Gasteiger partial charge in [-0.05, 0) is 49.1 Å². The second-order valence-electron chi connectivity index (χ2n) is 6.89. The number of ether oxygens (including phenoxy) is 2. The fourth-order valence-electron chi connectivity index (χ4n) is 3.57. The quantitative estimate of drug-likeness (QED) is 0.747. The van der Waals surface area contributed by atoms with Gasteiger partial charge in [0, 0.05) is 30.4 Å². The number of amides is 1. The molecule has 1 amide bonds. The number of rotatable bonds is 8. The number of nitrogens with two attached hydrogens (primary N) is 1. The second kappa shape index (κ2) is 9.37. The van der Waals surface area contributed by atoms with E-state index in [0.717, 1.165) is 30.4 Å². The van der Waals surface area contributed by atoms with E-state index < -0.39 is 0 Å². The number of hydrogen-bond donors (Lipinski definition) is 2. The molecule has 1 aromatic heterocycles. The first-order chi connectivity index (χ1) is 13.2. The SMILES string of the molecule is COc1cc(CNC(=O)[C@@H]2CCC[C@@H]2CN)ccc1OCc1cccnc1. The average Bonchev–Trinajstić information content (AvgIpc) is 3.20. The molecule has 0 saturated heterocycles. The van der Waals surface area contributed by atoms with Crippen molar-refractivity contribution in [2.45, 2.75) is 32.4 Å². The smallest absolute Gasteiger partial charge is 0.223 e. The van der Waals surface area contributed by atoms with E-state index in [1.807, 2.05) is 30.3 Å². The summed E-state index contributed by atoms with van der Waals surface area (Å²) in [5, 5.41) is 3.03. The Bertz CT molecular complexity index is 752. The van der Waals surface area contributed by atoms with Crippen molar-refractivity contribution >= 4 is 5.91 Å². The monoisotopic (exact) mass is 369 g/mol. The summed E-state index contributed by atoms with van der Waals surface area (Å²) in [4.78, 5) is 16.5. The van der Waals surface area contributed by atoms with Gasteiger partial charge in [-0.25, -0.2) is 0 Å². The maximum absolute atomic E-state index is 12.4. The van der Waals surface area contributed by atoms with Crippen LogP contribution in [0, 0.1) is 11.8 Å². The van der Waals surface area contributed by atoms with Crippen molar-refractivity contribution in [2.24, 2.45) is 17.6 Å². The molecule has 6 heteroatoms. The molecule has 2 aromatic rings. The Morgan fingerprint density at radius 1 is 1.26 bits per heavy atom. The van der Waals surface area contributed by atoms with Crippen molar-refractivity contribution in [1.82, 2.24) is 10.3 Å². The summed E-state index contributed by atoms with van der Waals surface area (Å²) in [6.07, 6.45) is 6.56. The zero-order valence-electron chi connectivity index (χ0n) is 15.7. The van der Waals surface area contributed by atoms with Crippen LogP contribution in [0.3, 0.4) is 0 Å². The highest BCUT2D eigenvalue weighted by molar-refractivity contribution is 5.79. The van der Waals surface area contributed by atoms with Crippen LogP contribution in [0.5, 0.6) is 11.5 Å². The number of carbonyl (C=O) groups is 1. The summed E-state index contributed by atoms with van der Waals surface area (Å²) in [5.41, 5.74) is 7.74. The van der Waals surface area contributed by atoms with E-state index in [1.54, 1.807) is 19.5 Å². The van der Waals surface area contributed by atoms with E-state index in [4.69, 9.17) is 15.2 Å². The summed E-state index contributed by atoms with van der Waals surface area (Å²) in [6, 6.07) is 9.54. The van der Waals surface area contributed by atoms with Gasteiger partial charge in [-0.15, -0.1) is 0 Å². The standard InChI is InChI=1S/C21H27N3O3/c1-26-20-10-15(13-24-21(25)18-6-2-5-17(18)11-22)7-8-19(20)27-14-16-4-3-9-23-12-16/h3-4,7-10,12,17-18H,2,5-6,11,13-14,22H2,1H3,(H,24,25)/t17-,18-/m1/s1. The molecule has 1 heterocycles. The lowest BCUT2D eigenvalue weighted by Crippen LogP contribution is -2.34. The van der Waals surface area contributed by atoms with Crippen molar-refractivity contribution < 1.29 is 14.3 Å². The van der Waals surface area contributed by atoms with Crippen LogP contribution in [-0.4, -0.2) is 24.5 Å². The minimum absolute atomic E-state index is 0.0407. The van der Waals surface area contributed by atoms with E-state index >= 15 is 0 Å². The molecule has 0 aliphatic heterocycles. The van der Waals surface area contributed by atoms with Crippen molar-refractivity contribution in [1.29, 1.82) is 0 Å². The molecule has 0 spiro atoms. The summed E-state index contributed by atoms with van der Waals surface area (Å²) >= 11 is 0. The van der Waals surface area contributed by atoms with Crippen LogP contribution in [0.1, 0.15) is 30.4 Å². The lowest BCUT2D eigenvalue weighted by molar-refractivity contribution is -0.126. The highest BCUT2D eigenvalue weighted by atomic mass is 16.5. The normalized spacial score (nSPS) is 18.9. The van der Waals surface area contributed by atoms with Gasteiger partial charge in [0.2, 0.25) is 5.91 Å². The molecular formula is C21H27N3O3. The molecule has 6 nitrogen and oxygen atoms in total. The molecular weight excluding hydrogens is 342 g/mol. The van der Waals surface area contributed by atoms with Crippen molar-refractivity contribution in [3.05, 3.63) is 53.9 Å². The Morgan fingerprint density at radius 2 is 2.15 bits per heavy atom. The first kappa shape index (κ1) is 19.2. The van der Waals surface area contributed by atoms with Crippen molar-refractivity contribution in [3.63, 3.8) is 0 Å². The molecule has 3 rings (SSSR count). The third-order valence-electron chi connectivity index (χ3n) is 5.11. The fourth-order valence-corrected chi connectivity index (χ4v) is 3.57. The Hall–Kier alpha value is -2.60. The van der Waals surface area contributed by atoms with Gasteiger partial charge < -0.3 is 20.5 Å². The molecule has 144 valence electrons. The van der Waals surface area contributed by atoms with Gasteiger partial charge in [-0.3, -0.25) is 9.78 Å². The molecule has 3 N–H and O–H groups in total. The third kappa shape index (κ3) is 4.98. The molecule has 0 unspecified atom stereocenters. The van der Waals surface area contributed by atoms with Crippen LogP contribution in [0.25, 0.3) is 0 Å². The predicted molar refractivity (Wildman–Crippen MR) is 103 cm³/mol. The topological polar surface area (TPSA) is 86.5 Å². The molecule has 1 aliphatic rings. The highest BCUT2D eigenvalue weighted by Gasteiger charge is 2.31. The van der Waals surface area contributed by atoms with Crippen LogP contribution >= 0.6 is 0 Å². The minimum Gasteiger partial charge on any atom is -0.493 e. The lowest BCUT2D eigenvalue weighted by atomic mass is 9.95. The zero-order valence-corrected chi connectivity index (χ0v) is 15.7. The number of methoxy groups -OCH3 is 1. The molecule has 1 aliphatic carbocycles. The van der Waals surface area contributed by atoms with Gasteiger partial charge in [0.15, 0.2) is 11.5 Å². The third-order valence-corrected chi connectivity index (χ3v) is 5.11. The van der Waals surface area contributed by atoms with Gasteiger partial charge >= 0.3 is 0 Å². The number of benzene rings is 1. The Balaban J connectivity index is 1.58. The van der Waals surface area contributed by atoms with Gasteiger partial charge in [0.1, 0.15) is 6.61 Å². The second-order valence-corrected chi connectivity index (χ2v) is 6.89. The van der Waals surface area contributed by atoms with Gasteiger partial charge in [-0.1, -0.05) is 18.6 Å². The van der Waals surface area contributed by atoms with Gasteiger partial charge in [0.05, 0.1) is 7.11 Å². The van der Waals surface area contributed by atoms with E-state index in [0.29, 0.717) is 37.1 Å². The summed E-state index contributed by atoms with van der Waals surface area (Å²) in [7, 11) is 1.61. The van der Waals surface area contributed by atoms with E-state index in [1.165, 1.54) is 0 Å². The summed E-state index contributed by atoms with van der Waals surface area (Å²) in [6.45, 7) is 1.46. The maximum atomic E-state index is 12.4. The van der Waals surface area contributed by atoms with E-state index in [2.05, 4.69) is 10.3 Å². The molecule has 1 saturated carbocycles. The molecule has 1 fully saturated rings. The van der Waals surface area contributed by atoms with Gasteiger partial charge in [-0.2, -0.15) is 0 Å². The Morgan fingerprint density at radius 3 is 2.89 bits per heavy atom. The number of hydrogen-bond acceptors (Lipinski definition) is 5. The molecule has 0 bridgehead atoms. The summed E-state index contributed by atoms with van der Waals surface area (Å²) < 4.78 is 11.3. The van der Waals surface area contributed by atoms with Crippen LogP contribution in [0.4, 0.5) is 0 Å². The van der Waals surface area contributed by atoms with Gasteiger partial charge in [0.25, 0.3) is 0 Å². The minimum atomic E-state index is 0.0407. The first-order valence-corrected chi connectivity index (χ1v) is 9.37. The lowest BCUT2D eigenvalue weighted by Gasteiger charge is -2.18. The van der Waals surface area contributed by atoms with Crippen LogP contribution in [-0.2, 0) is 17.9 Å². The highest BCUT2D eigenvalue weighted by Crippen LogP contribution is 2.31. The molecule has 0 radical (unpaired) electrons. The zero-order chi connectivity index (χ0) is 19.1. The number of pyridine rings is 1. The number of nitrogens with one attached hydrogen (secondary N) is 1. The van der Waals surface area contributed by atoms with E-state index in [9.17, 15) is 4.79 Å².